The maximum absolute atomic E-state index is 12.8. The van der Waals surface area contributed by atoms with Crippen LogP contribution in [0, 0.1) is 11.2 Å². The first-order valence-electron chi connectivity index (χ1n) is 5.14. The molecule has 0 aromatic heterocycles. The number of hydrogen-bond acceptors (Lipinski definition) is 1. The van der Waals surface area contributed by atoms with E-state index in [1.54, 1.807) is 12.1 Å². The van der Waals surface area contributed by atoms with Crippen molar-refractivity contribution in [3.63, 3.8) is 0 Å². The minimum Gasteiger partial charge on any atom is -0.303 e. The monoisotopic (exact) mass is 208 g/mol. The minimum atomic E-state index is -0.238. The van der Waals surface area contributed by atoms with Crippen LogP contribution in [0.4, 0.5) is 4.39 Å². The van der Waals surface area contributed by atoms with Gasteiger partial charge in [-0.05, 0) is 29.0 Å². The van der Waals surface area contributed by atoms with Gasteiger partial charge in [0.05, 0.1) is 0 Å². The van der Waals surface area contributed by atoms with Gasteiger partial charge in [-0.1, -0.05) is 32.9 Å². The number of rotatable bonds is 3. The van der Waals surface area contributed by atoms with Crippen LogP contribution in [0.25, 0.3) is 0 Å². The van der Waals surface area contributed by atoms with Gasteiger partial charge in [0.15, 0.2) is 0 Å². The second-order valence-corrected chi connectivity index (χ2v) is 4.87. The summed E-state index contributed by atoms with van der Waals surface area (Å²) in [5.74, 6) is -0.0897. The maximum Gasteiger partial charge on any atom is 0.123 e. The molecule has 0 bridgehead atoms. The van der Waals surface area contributed by atoms with E-state index in [0.717, 1.165) is 11.8 Å². The lowest BCUT2D eigenvalue weighted by atomic mass is 9.75. The van der Waals surface area contributed by atoms with Gasteiger partial charge in [0.25, 0.3) is 0 Å². The highest BCUT2D eigenvalue weighted by Crippen LogP contribution is 2.36. The molecule has 0 saturated heterocycles. The van der Waals surface area contributed by atoms with Crippen molar-refractivity contribution in [2.45, 2.75) is 33.1 Å². The molecule has 0 aliphatic carbocycles. The largest absolute Gasteiger partial charge is 0.303 e. The molecule has 0 heterocycles. The van der Waals surface area contributed by atoms with Gasteiger partial charge in [0.2, 0.25) is 0 Å². The van der Waals surface area contributed by atoms with E-state index >= 15 is 0 Å². The molecule has 0 N–H and O–H groups in total. The number of hydrogen-bond donors (Lipinski definition) is 0. The summed E-state index contributed by atoms with van der Waals surface area (Å²) in [6, 6.07) is 6.40. The van der Waals surface area contributed by atoms with Crippen molar-refractivity contribution in [1.82, 2.24) is 0 Å². The quantitative estimate of drug-likeness (QED) is 0.694. The topological polar surface area (TPSA) is 17.1 Å². The van der Waals surface area contributed by atoms with Crippen LogP contribution in [-0.4, -0.2) is 6.29 Å². The van der Waals surface area contributed by atoms with Crippen LogP contribution in [-0.2, 0) is 4.79 Å². The Hall–Kier alpha value is -1.18. The molecular weight excluding hydrogens is 191 g/mol. The summed E-state index contributed by atoms with van der Waals surface area (Å²) in [4.78, 5) is 10.6. The van der Waals surface area contributed by atoms with Crippen LogP contribution in [0.1, 0.15) is 38.7 Å². The summed E-state index contributed by atoms with van der Waals surface area (Å²) in [7, 11) is 0. The second kappa shape index (κ2) is 4.56. The lowest BCUT2D eigenvalue weighted by molar-refractivity contribution is -0.108. The highest BCUT2D eigenvalue weighted by Gasteiger charge is 2.25. The summed E-state index contributed by atoms with van der Waals surface area (Å²) in [5, 5.41) is 0. The van der Waals surface area contributed by atoms with Gasteiger partial charge in [-0.15, -0.1) is 0 Å². The highest BCUT2D eigenvalue weighted by atomic mass is 19.1. The molecule has 1 aromatic rings. The Labute approximate surface area is 90.3 Å². The predicted octanol–water partition coefficient (Wildman–Crippen LogP) is 3.54. The molecule has 0 aliphatic rings. The van der Waals surface area contributed by atoms with Crippen molar-refractivity contribution in [2.75, 3.05) is 0 Å². The number of carbonyl (C=O) groups excluding carboxylic acids is 1. The van der Waals surface area contributed by atoms with Crippen molar-refractivity contribution >= 4 is 6.29 Å². The standard InChI is InChI=1S/C13H17FO/c1-13(2,3)12(8-9-15)10-4-6-11(14)7-5-10/h4-7,9,12H,8H2,1-3H3. The smallest absolute Gasteiger partial charge is 0.123 e. The average Bonchev–Trinajstić information content (AvgIpc) is 2.14. The summed E-state index contributed by atoms with van der Waals surface area (Å²) in [5.41, 5.74) is 1.04. The molecule has 15 heavy (non-hydrogen) atoms. The number of aldehydes is 1. The van der Waals surface area contributed by atoms with Crippen LogP contribution < -0.4 is 0 Å². The number of benzene rings is 1. The third kappa shape index (κ3) is 3.15. The fraction of sp³-hybridized carbons (Fsp3) is 0.462. The van der Waals surface area contributed by atoms with Crippen molar-refractivity contribution < 1.29 is 9.18 Å². The van der Waals surface area contributed by atoms with Crippen LogP contribution in [0.2, 0.25) is 0 Å². The molecule has 0 spiro atoms. The zero-order chi connectivity index (χ0) is 11.5. The van der Waals surface area contributed by atoms with Crippen molar-refractivity contribution in [3.05, 3.63) is 35.6 Å². The molecule has 1 nitrogen and oxygen atoms in total. The average molecular weight is 208 g/mol. The molecule has 0 fully saturated rings. The predicted molar refractivity (Wildman–Crippen MR) is 59.3 cm³/mol. The molecule has 0 saturated carbocycles. The zero-order valence-corrected chi connectivity index (χ0v) is 9.46. The van der Waals surface area contributed by atoms with E-state index in [1.165, 1.54) is 12.1 Å². The Kier molecular flexibility index (Phi) is 3.61. The summed E-state index contributed by atoms with van der Waals surface area (Å²) >= 11 is 0. The van der Waals surface area contributed by atoms with E-state index < -0.39 is 0 Å². The fourth-order valence-corrected chi connectivity index (χ4v) is 1.78. The minimum absolute atomic E-state index is 0.0126. The molecular formula is C13H17FO. The van der Waals surface area contributed by atoms with Crippen LogP contribution in [0.5, 0.6) is 0 Å². The van der Waals surface area contributed by atoms with E-state index in [1.807, 2.05) is 0 Å². The summed E-state index contributed by atoms with van der Waals surface area (Å²) in [6.07, 6.45) is 1.41. The molecule has 1 rings (SSSR count). The lowest BCUT2D eigenvalue weighted by Crippen LogP contribution is -2.18. The van der Waals surface area contributed by atoms with E-state index in [-0.39, 0.29) is 17.2 Å². The van der Waals surface area contributed by atoms with Gasteiger partial charge in [-0.2, -0.15) is 0 Å². The molecule has 0 radical (unpaired) electrons. The third-order valence-corrected chi connectivity index (χ3v) is 2.65. The van der Waals surface area contributed by atoms with Crippen LogP contribution in [0.15, 0.2) is 24.3 Å². The van der Waals surface area contributed by atoms with Crippen molar-refractivity contribution in [3.8, 4) is 0 Å². The normalized spacial score (nSPS) is 13.6. The molecule has 1 unspecified atom stereocenters. The Bertz CT molecular complexity index is 321. The lowest BCUT2D eigenvalue weighted by Gasteiger charge is -2.29. The zero-order valence-electron chi connectivity index (χ0n) is 9.46. The van der Waals surface area contributed by atoms with Gasteiger partial charge in [-0.3, -0.25) is 0 Å². The van der Waals surface area contributed by atoms with Crippen LogP contribution >= 0.6 is 0 Å². The fourth-order valence-electron chi connectivity index (χ4n) is 1.78. The Morgan fingerprint density at radius 1 is 1.27 bits per heavy atom. The van der Waals surface area contributed by atoms with Crippen molar-refractivity contribution in [1.29, 1.82) is 0 Å². The molecule has 0 aliphatic heterocycles. The maximum atomic E-state index is 12.8. The molecule has 0 amide bonds. The van der Waals surface area contributed by atoms with E-state index in [9.17, 15) is 9.18 Å². The van der Waals surface area contributed by atoms with E-state index in [4.69, 9.17) is 0 Å². The third-order valence-electron chi connectivity index (χ3n) is 2.65. The van der Waals surface area contributed by atoms with Gasteiger partial charge in [0.1, 0.15) is 12.1 Å². The van der Waals surface area contributed by atoms with Gasteiger partial charge in [-0.25, -0.2) is 4.39 Å². The molecule has 82 valence electrons. The molecule has 1 atom stereocenters. The van der Waals surface area contributed by atoms with Gasteiger partial charge < -0.3 is 4.79 Å². The SMILES string of the molecule is CC(C)(C)C(CC=O)c1ccc(F)cc1. The Morgan fingerprint density at radius 2 is 1.80 bits per heavy atom. The van der Waals surface area contributed by atoms with E-state index in [0.29, 0.717) is 6.42 Å². The highest BCUT2D eigenvalue weighted by molar-refractivity contribution is 5.52. The first kappa shape index (κ1) is 11.9. The van der Waals surface area contributed by atoms with Gasteiger partial charge >= 0.3 is 0 Å². The van der Waals surface area contributed by atoms with Crippen molar-refractivity contribution in [2.24, 2.45) is 5.41 Å². The van der Waals surface area contributed by atoms with Gasteiger partial charge in [0, 0.05) is 6.42 Å². The van der Waals surface area contributed by atoms with E-state index in [2.05, 4.69) is 20.8 Å². The second-order valence-electron chi connectivity index (χ2n) is 4.87. The first-order chi connectivity index (χ1) is 6.95. The number of carbonyl (C=O) groups is 1. The summed E-state index contributed by atoms with van der Waals surface area (Å²) in [6.45, 7) is 6.26. The first-order valence-corrected chi connectivity index (χ1v) is 5.14. The Morgan fingerprint density at radius 3 is 2.20 bits per heavy atom. The Balaban J connectivity index is 2.99. The van der Waals surface area contributed by atoms with Crippen LogP contribution in [0.3, 0.4) is 0 Å². The molecule has 1 aromatic carbocycles. The summed E-state index contributed by atoms with van der Waals surface area (Å²) < 4.78 is 12.8. The molecule has 2 heteroatoms. The number of halogens is 1.